The molecule has 0 aliphatic carbocycles. The third kappa shape index (κ3) is 10.2. The van der Waals surface area contributed by atoms with Crippen molar-refractivity contribution in [1.82, 2.24) is 0 Å². The predicted octanol–water partition coefficient (Wildman–Crippen LogP) is 2.63. The summed E-state index contributed by atoms with van der Waals surface area (Å²) in [6.07, 6.45) is 0.813. The van der Waals surface area contributed by atoms with Gasteiger partial charge in [-0.05, 0) is 41.5 Å². The highest BCUT2D eigenvalue weighted by Gasteiger charge is 2.08. The SMILES string of the molecule is CC(C)OC(C)COCC(C)OC(C)C. The molecule has 92 valence electrons. The Balaban J connectivity index is 3.44. The maximum absolute atomic E-state index is 5.55. The van der Waals surface area contributed by atoms with Gasteiger partial charge in [-0.2, -0.15) is 0 Å². The van der Waals surface area contributed by atoms with E-state index in [-0.39, 0.29) is 24.4 Å². The molecule has 0 aliphatic heterocycles. The lowest BCUT2D eigenvalue weighted by Crippen LogP contribution is -2.25. The summed E-state index contributed by atoms with van der Waals surface area (Å²) in [6, 6.07) is 0. The van der Waals surface area contributed by atoms with E-state index in [1.165, 1.54) is 0 Å². The molecule has 0 heterocycles. The van der Waals surface area contributed by atoms with Crippen LogP contribution in [0.3, 0.4) is 0 Å². The quantitative estimate of drug-likeness (QED) is 0.627. The van der Waals surface area contributed by atoms with Crippen LogP contribution in [-0.2, 0) is 14.2 Å². The van der Waals surface area contributed by atoms with E-state index in [2.05, 4.69) is 0 Å². The molecule has 0 fully saturated rings. The number of rotatable bonds is 8. The summed E-state index contributed by atoms with van der Waals surface area (Å²) in [5.41, 5.74) is 0. The molecule has 0 saturated heterocycles. The minimum Gasteiger partial charge on any atom is -0.376 e. The van der Waals surface area contributed by atoms with Crippen LogP contribution in [0.15, 0.2) is 0 Å². The lowest BCUT2D eigenvalue weighted by molar-refractivity contribution is -0.0716. The first-order valence-electron chi connectivity index (χ1n) is 5.80. The summed E-state index contributed by atoms with van der Waals surface area (Å²) in [5, 5.41) is 0. The van der Waals surface area contributed by atoms with E-state index in [1.807, 2.05) is 41.5 Å². The van der Waals surface area contributed by atoms with Crippen LogP contribution >= 0.6 is 0 Å². The van der Waals surface area contributed by atoms with Crippen LogP contribution in [0, 0.1) is 0 Å². The Kier molecular flexibility index (Phi) is 8.02. The van der Waals surface area contributed by atoms with Crippen LogP contribution in [0.25, 0.3) is 0 Å². The van der Waals surface area contributed by atoms with Crippen LogP contribution in [0.1, 0.15) is 41.5 Å². The van der Waals surface area contributed by atoms with Crippen molar-refractivity contribution in [2.75, 3.05) is 13.2 Å². The van der Waals surface area contributed by atoms with Gasteiger partial charge in [0, 0.05) is 0 Å². The van der Waals surface area contributed by atoms with Gasteiger partial charge in [-0.15, -0.1) is 0 Å². The maximum atomic E-state index is 5.55. The first kappa shape index (κ1) is 14.9. The molecule has 0 aliphatic rings. The molecule has 0 N–H and O–H groups in total. The van der Waals surface area contributed by atoms with Gasteiger partial charge in [0.1, 0.15) is 0 Å². The zero-order valence-corrected chi connectivity index (χ0v) is 10.9. The number of hydrogen-bond donors (Lipinski definition) is 0. The summed E-state index contributed by atoms with van der Waals surface area (Å²) in [7, 11) is 0. The van der Waals surface area contributed by atoms with Gasteiger partial charge in [-0.3, -0.25) is 0 Å². The zero-order valence-electron chi connectivity index (χ0n) is 10.9. The molecule has 0 spiro atoms. The Hall–Kier alpha value is -0.120. The van der Waals surface area contributed by atoms with E-state index in [9.17, 15) is 0 Å². The molecule has 0 amide bonds. The standard InChI is InChI=1S/C12H26O3/c1-9(2)14-11(5)7-13-8-12(6)15-10(3)4/h9-12H,7-8H2,1-6H3. The lowest BCUT2D eigenvalue weighted by Gasteiger charge is -2.19. The molecule has 0 aromatic carbocycles. The summed E-state index contributed by atoms with van der Waals surface area (Å²) in [4.78, 5) is 0. The fourth-order valence-corrected chi connectivity index (χ4v) is 1.41. The number of hydrogen-bond acceptors (Lipinski definition) is 3. The van der Waals surface area contributed by atoms with Crippen molar-refractivity contribution in [2.45, 2.75) is 66.0 Å². The normalized spacial score (nSPS) is 16.0. The molecule has 3 heteroatoms. The van der Waals surface area contributed by atoms with E-state index in [4.69, 9.17) is 14.2 Å². The minimum absolute atomic E-state index is 0.149. The van der Waals surface area contributed by atoms with Crippen LogP contribution < -0.4 is 0 Å². The first-order valence-corrected chi connectivity index (χ1v) is 5.80. The van der Waals surface area contributed by atoms with Crippen LogP contribution in [0.2, 0.25) is 0 Å². The molecular weight excluding hydrogens is 192 g/mol. The third-order valence-electron chi connectivity index (χ3n) is 1.71. The minimum atomic E-state index is 0.149. The fraction of sp³-hybridized carbons (Fsp3) is 1.00. The molecule has 0 rings (SSSR count). The Bertz CT molecular complexity index is 130. The van der Waals surface area contributed by atoms with Crippen molar-refractivity contribution in [3.8, 4) is 0 Å². The molecule has 2 unspecified atom stereocenters. The van der Waals surface area contributed by atoms with Gasteiger partial charge in [0.2, 0.25) is 0 Å². The highest BCUT2D eigenvalue weighted by Crippen LogP contribution is 2.01. The molecule has 0 bridgehead atoms. The van der Waals surface area contributed by atoms with Gasteiger partial charge in [0.25, 0.3) is 0 Å². The highest BCUT2D eigenvalue weighted by molar-refractivity contribution is 4.53. The van der Waals surface area contributed by atoms with Crippen molar-refractivity contribution in [3.63, 3.8) is 0 Å². The fourth-order valence-electron chi connectivity index (χ4n) is 1.41. The van der Waals surface area contributed by atoms with Gasteiger partial charge < -0.3 is 14.2 Å². The highest BCUT2D eigenvalue weighted by atomic mass is 16.6. The van der Waals surface area contributed by atoms with Crippen molar-refractivity contribution in [3.05, 3.63) is 0 Å². The van der Waals surface area contributed by atoms with Gasteiger partial charge in [0.05, 0.1) is 37.6 Å². The van der Waals surface area contributed by atoms with Crippen molar-refractivity contribution in [2.24, 2.45) is 0 Å². The third-order valence-corrected chi connectivity index (χ3v) is 1.71. The lowest BCUT2D eigenvalue weighted by atomic mass is 10.4. The summed E-state index contributed by atoms with van der Waals surface area (Å²) in [5.74, 6) is 0. The van der Waals surface area contributed by atoms with E-state index >= 15 is 0 Å². The molecular formula is C12H26O3. The Morgan fingerprint density at radius 3 is 1.27 bits per heavy atom. The van der Waals surface area contributed by atoms with E-state index in [1.54, 1.807) is 0 Å². The second-order valence-electron chi connectivity index (χ2n) is 4.53. The van der Waals surface area contributed by atoms with Crippen LogP contribution in [0.4, 0.5) is 0 Å². The molecule has 3 nitrogen and oxygen atoms in total. The average Bonchev–Trinajstić information content (AvgIpc) is 2.00. The molecule has 0 aromatic rings. The Morgan fingerprint density at radius 1 is 0.667 bits per heavy atom. The van der Waals surface area contributed by atoms with Crippen molar-refractivity contribution in [1.29, 1.82) is 0 Å². The van der Waals surface area contributed by atoms with Crippen molar-refractivity contribution < 1.29 is 14.2 Å². The van der Waals surface area contributed by atoms with Crippen molar-refractivity contribution >= 4 is 0 Å². The summed E-state index contributed by atoms with van der Waals surface area (Å²) < 4.78 is 16.6. The molecule has 15 heavy (non-hydrogen) atoms. The molecule has 2 atom stereocenters. The Labute approximate surface area is 94.1 Å². The summed E-state index contributed by atoms with van der Waals surface area (Å²) >= 11 is 0. The zero-order chi connectivity index (χ0) is 11.8. The van der Waals surface area contributed by atoms with Gasteiger partial charge in [0.15, 0.2) is 0 Å². The first-order chi connectivity index (χ1) is 6.91. The van der Waals surface area contributed by atoms with E-state index in [0.29, 0.717) is 13.2 Å². The van der Waals surface area contributed by atoms with E-state index in [0.717, 1.165) is 0 Å². The topological polar surface area (TPSA) is 27.7 Å². The summed E-state index contributed by atoms with van der Waals surface area (Å²) in [6.45, 7) is 13.4. The van der Waals surface area contributed by atoms with Crippen LogP contribution in [-0.4, -0.2) is 37.6 Å². The van der Waals surface area contributed by atoms with Gasteiger partial charge in [-0.25, -0.2) is 0 Å². The smallest absolute Gasteiger partial charge is 0.0783 e. The number of ether oxygens (including phenoxy) is 3. The van der Waals surface area contributed by atoms with Gasteiger partial charge >= 0.3 is 0 Å². The van der Waals surface area contributed by atoms with Gasteiger partial charge in [-0.1, -0.05) is 0 Å². The second-order valence-corrected chi connectivity index (χ2v) is 4.53. The molecule has 0 aromatic heterocycles. The van der Waals surface area contributed by atoms with E-state index < -0.39 is 0 Å². The monoisotopic (exact) mass is 218 g/mol. The predicted molar refractivity (Wildman–Crippen MR) is 62.2 cm³/mol. The maximum Gasteiger partial charge on any atom is 0.0783 e. The Morgan fingerprint density at radius 2 is 1.00 bits per heavy atom. The average molecular weight is 218 g/mol. The van der Waals surface area contributed by atoms with Crippen LogP contribution in [0.5, 0.6) is 0 Å². The largest absolute Gasteiger partial charge is 0.376 e. The second kappa shape index (κ2) is 8.08. The molecule has 0 saturated carbocycles. The molecule has 0 radical (unpaired) electrons.